The smallest absolute Gasteiger partial charge is 0.326 e. The SMILES string of the molecule is O=C(O)[C@H](Cc1ccccc1)NC(=O)[C@@H]1Cc2ccc(cc2)NC(=O)[C@H](O)[C@@H](O)C(=O)N[C@@H](Cc2cccs2)C(=O)N[C@H](Cc2ccc(Br)cc2)C(=O)N[C@@H](CCc2ccccc2)C(=O)N1. The minimum absolute atomic E-state index is 0.0340. The van der Waals surface area contributed by atoms with Crippen LogP contribution in [0.5, 0.6) is 0 Å². The quantitative estimate of drug-likeness (QED) is 0.0827. The van der Waals surface area contributed by atoms with Gasteiger partial charge in [0.1, 0.15) is 30.2 Å². The number of hydrogen-bond donors (Lipinski definition) is 9. The van der Waals surface area contributed by atoms with E-state index in [1.807, 2.05) is 30.3 Å². The number of carbonyl (C=O) groups excluding carboxylic acids is 6. The van der Waals surface area contributed by atoms with Crippen LogP contribution >= 0.6 is 27.3 Å². The van der Waals surface area contributed by atoms with E-state index in [0.717, 1.165) is 10.0 Å². The minimum Gasteiger partial charge on any atom is -0.480 e. The topological polar surface area (TPSA) is 252 Å². The number of carboxylic acids is 1. The molecule has 66 heavy (non-hydrogen) atoms. The van der Waals surface area contributed by atoms with Crippen molar-refractivity contribution in [1.29, 1.82) is 0 Å². The molecular formula is C48H49BrN6O10S. The number of anilines is 1. The Bertz CT molecular complexity index is 2460. The van der Waals surface area contributed by atoms with Gasteiger partial charge in [0.25, 0.3) is 11.8 Å². The fraction of sp³-hybridized carbons (Fsp3) is 0.271. The molecule has 0 radical (unpaired) electrons. The summed E-state index contributed by atoms with van der Waals surface area (Å²) in [7, 11) is 0. The monoisotopic (exact) mass is 980 g/mol. The maximum absolute atomic E-state index is 14.6. The van der Waals surface area contributed by atoms with E-state index in [1.54, 1.807) is 72.1 Å². The standard InChI is InChI=1S/C48H49BrN6O10S/c49-32-18-13-30(14-19-32)24-36-43(59)51-35(22-17-28-8-3-1-4-9-28)42(58)52-37(44(60)55-39(48(64)65)26-29-10-5-2-6-11-29)25-31-15-20-33(21-16-31)50-46(62)40(56)41(57)47(63)54-38(45(61)53-36)27-34-12-7-23-66-34/h1-16,18-21,23,35-41,56-57H,17,22,24-27H2,(H,50,62)(H,51,59)(H,52,58)(H,53,61)(H,54,63)(H,55,60)(H,64,65)/t35-,36+,37-,38-,39-,40+,41+/m0/s1. The second-order valence-electron chi connectivity index (χ2n) is 15.8. The summed E-state index contributed by atoms with van der Waals surface area (Å²) in [6, 6.07) is 27.3. The maximum atomic E-state index is 14.6. The maximum Gasteiger partial charge on any atom is 0.326 e. The Balaban J connectivity index is 1.38. The van der Waals surface area contributed by atoms with Crippen LogP contribution in [0, 0.1) is 0 Å². The third-order valence-corrected chi connectivity index (χ3v) is 12.3. The number of carbonyl (C=O) groups is 7. The van der Waals surface area contributed by atoms with E-state index < -0.39 is 83.8 Å². The van der Waals surface area contributed by atoms with E-state index in [4.69, 9.17) is 0 Å². The summed E-state index contributed by atoms with van der Waals surface area (Å²) in [6.07, 6.45) is -4.69. The predicted molar refractivity (Wildman–Crippen MR) is 249 cm³/mol. The summed E-state index contributed by atoms with van der Waals surface area (Å²) < 4.78 is 0.752. The molecule has 6 amide bonds. The average molecular weight is 982 g/mol. The first-order chi connectivity index (χ1) is 31.7. The molecule has 0 saturated heterocycles. The van der Waals surface area contributed by atoms with Gasteiger partial charge in [-0.25, -0.2) is 4.79 Å². The summed E-state index contributed by atoms with van der Waals surface area (Å²) >= 11 is 4.69. The zero-order valence-corrected chi connectivity index (χ0v) is 37.8. The highest BCUT2D eigenvalue weighted by Gasteiger charge is 2.36. The van der Waals surface area contributed by atoms with E-state index >= 15 is 0 Å². The number of amides is 6. The van der Waals surface area contributed by atoms with Gasteiger partial charge in [-0.2, -0.15) is 0 Å². The van der Waals surface area contributed by atoms with Crippen LogP contribution in [0.4, 0.5) is 5.69 Å². The number of thiophene rings is 1. The molecule has 18 heteroatoms. The molecule has 2 aliphatic heterocycles. The molecule has 5 aromatic rings. The van der Waals surface area contributed by atoms with Gasteiger partial charge in [0.15, 0.2) is 12.2 Å². The van der Waals surface area contributed by atoms with Gasteiger partial charge in [-0.05, 0) is 70.8 Å². The normalized spacial score (nSPS) is 21.5. The van der Waals surface area contributed by atoms with Crippen molar-refractivity contribution in [3.8, 4) is 0 Å². The second-order valence-corrected chi connectivity index (χ2v) is 17.7. The lowest BCUT2D eigenvalue weighted by Gasteiger charge is -2.27. The van der Waals surface area contributed by atoms with Crippen LogP contribution in [0.15, 0.2) is 131 Å². The molecule has 0 unspecified atom stereocenters. The van der Waals surface area contributed by atoms with Gasteiger partial charge in [0, 0.05) is 40.7 Å². The molecule has 2 aliphatic rings. The molecule has 0 spiro atoms. The van der Waals surface area contributed by atoms with Gasteiger partial charge >= 0.3 is 5.97 Å². The summed E-state index contributed by atoms with van der Waals surface area (Å²) in [5, 5.41) is 49.3. The molecule has 344 valence electrons. The highest BCUT2D eigenvalue weighted by Crippen LogP contribution is 2.17. The van der Waals surface area contributed by atoms with Crippen molar-refractivity contribution >= 4 is 74.4 Å². The van der Waals surface area contributed by atoms with E-state index in [0.29, 0.717) is 28.0 Å². The first-order valence-corrected chi connectivity index (χ1v) is 22.7. The number of rotatable bonds is 12. The lowest BCUT2D eigenvalue weighted by Crippen LogP contribution is -2.60. The zero-order chi connectivity index (χ0) is 47.2. The van der Waals surface area contributed by atoms with Crippen molar-refractivity contribution in [1.82, 2.24) is 26.6 Å². The Morgan fingerprint density at radius 2 is 1.21 bits per heavy atom. The summed E-state index contributed by atoms with van der Waals surface area (Å²) in [6.45, 7) is 0. The number of halogens is 1. The zero-order valence-electron chi connectivity index (χ0n) is 35.4. The van der Waals surface area contributed by atoms with E-state index in [-0.39, 0.29) is 37.8 Å². The van der Waals surface area contributed by atoms with E-state index in [2.05, 4.69) is 47.8 Å². The highest BCUT2D eigenvalue weighted by molar-refractivity contribution is 9.10. The summed E-state index contributed by atoms with van der Waals surface area (Å²) in [5.74, 6) is -6.94. The molecule has 16 nitrogen and oxygen atoms in total. The van der Waals surface area contributed by atoms with Crippen LogP contribution in [0.25, 0.3) is 0 Å². The van der Waals surface area contributed by atoms with Crippen molar-refractivity contribution in [2.45, 2.75) is 80.9 Å². The molecule has 4 aromatic carbocycles. The van der Waals surface area contributed by atoms with Gasteiger partial charge in [-0.15, -0.1) is 11.3 Å². The number of fused-ring (bicyclic) bond motifs is 18. The lowest BCUT2D eigenvalue weighted by atomic mass is 10.00. The molecule has 2 bridgehead atoms. The Morgan fingerprint density at radius 1 is 0.636 bits per heavy atom. The van der Waals surface area contributed by atoms with Crippen molar-refractivity contribution in [3.63, 3.8) is 0 Å². The van der Waals surface area contributed by atoms with Crippen LogP contribution in [0.2, 0.25) is 0 Å². The van der Waals surface area contributed by atoms with Crippen LogP contribution in [-0.2, 0) is 65.7 Å². The fourth-order valence-electron chi connectivity index (χ4n) is 7.20. The fourth-order valence-corrected chi connectivity index (χ4v) is 8.21. The molecule has 3 heterocycles. The largest absolute Gasteiger partial charge is 0.480 e. The van der Waals surface area contributed by atoms with Gasteiger partial charge < -0.3 is 47.2 Å². The third kappa shape index (κ3) is 14.1. The summed E-state index contributed by atoms with van der Waals surface area (Å²) in [5.41, 5.74) is 2.68. The van der Waals surface area contributed by atoms with Crippen molar-refractivity contribution < 1.29 is 48.9 Å². The van der Waals surface area contributed by atoms with Crippen molar-refractivity contribution in [2.75, 3.05) is 5.32 Å². The first-order valence-electron chi connectivity index (χ1n) is 21.1. The van der Waals surface area contributed by atoms with Crippen molar-refractivity contribution in [3.05, 3.63) is 158 Å². The third-order valence-electron chi connectivity index (χ3n) is 10.8. The number of benzene rings is 4. The van der Waals surface area contributed by atoms with Gasteiger partial charge in [-0.1, -0.05) is 107 Å². The number of aliphatic hydroxyl groups excluding tert-OH is 2. The molecule has 0 fully saturated rings. The number of aliphatic hydroxyl groups is 2. The molecule has 0 aliphatic carbocycles. The number of nitrogens with one attached hydrogen (secondary N) is 6. The molecule has 1 aromatic heterocycles. The molecular weight excluding hydrogens is 933 g/mol. The number of hydrogen-bond acceptors (Lipinski definition) is 10. The lowest BCUT2D eigenvalue weighted by molar-refractivity contribution is -0.144. The Kier molecular flexibility index (Phi) is 17.3. The Labute approximate surface area is 392 Å². The van der Waals surface area contributed by atoms with Crippen LogP contribution in [-0.4, -0.2) is 99.1 Å². The van der Waals surface area contributed by atoms with Crippen LogP contribution in [0.1, 0.15) is 33.6 Å². The minimum atomic E-state index is -2.32. The molecule has 7 rings (SSSR count). The Morgan fingerprint density at radius 3 is 1.83 bits per heavy atom. The average Bonchev–Trinajstić information content (AvgIpc) is 3.83. The molecule has 0 saturated carbocycles. The summed E-state index contributed by atoms with van der Waals surface area (Å²) in [4.78, 5) is 97.2. The van der Waals surface area contributed by atoms with E-state index in [9.17, 15) is 48.9 Å². The number of carboxylic acid groups (broad SMARTS) is 1. The van der Waals surface area contributed by atoms with Crippen LogP contribution < -0.4 is 31.9 Å². The number of aryl methyl sites for hydroxylation is 1. The Hall–Kier alpha value is -6.73. The predicted octanol–water partition coefficient (Wildman–Crippen LogP) is 2.60. The van der Waals surface area contributed by atoms with Crippen molar-refractivity contribution in [2.24, 2.45) is 0 Å². The number of aliphatic carboxylic acids is 1. The van der Waals surface area contributed by atoms with Gasteiger partial charge in [0.05, 0.1) is 0 Å². The van der Waals surface area contributed by atoms with Crippen LogP contribution in [0.3, 0.4) is 0 Å². The van der Waals surface area contributed by atoms with E-state index in [1.165, 1.54) is 35.6 Å². The van der Waals surface area contributed by atoms with Gasteiger partial charge in [-0.3, -0.25) is 28.8 Å². The second kappa shape index (κ2) is 23.5. The first kappa shape index (κ1) is 48.7. The van der Waals surface area contributed by atoms with Gasteiger partial charge in [0.2, 0.25) is 23.6 Å². The molecule has 7 atom stereocenters. The highest BCUT2D eigenvalue weighted by atomic mass is 79.9. The molecule has 9 N–H and O–H groups in total.